The van der Waals surface area contributed by atoms with Gasteiger partial charge in [-0.1, -0.05) is 55.8 Å². The van der Waals surface area contributed by atoms with E-state index >= 15 is 0 Å². The molecule has 208 valence electrons. The zero-order chi connectivity index (χ0) is 27.1. The van der Waals surface area contributed by atoms with Crippen molar-refractivity contribution in [3.8, 4) is 11.1 Å². The van der Waals surface area contributed by atoms with Gasteiger partial charge in [-0.05, 0) is 67.0 Å². The van der Waals surface area contributed by atoms with E-state index in [1.807, 2.05) is 12.1 Å². The van der Waals surface area contributed by atoms with Crippen molar-refractivity contribution in [3.05, 3.63) is 52.5 Å². The number of carbonyl (C=O) groups is 2. The lowest BCUT2D eigenvalue weighted by Crippen LogP contribution is -2.53. The van der Waals surface area contributed by atoms with Crippen molar-refractivity contribution >= 4 is 29.1 Å². The first kappa shape index (κ1) is 26.6. The first-order valence-electron chi connectivity index (χ1n) is 14.8. The molecule has 2 aromatic rings. The third kappa shape index (κ3) is 5.30. The fourth-order valence-electron chi connectivity index (χ4n) is 6.96. The minimum absolute atomic E-state index is 0.0689. The van der Waals surface area contributed by atoms with Gasteiger partial charge in [0.1, 0.15) is 5.60 Å². The fourth-order valence-corrected chi connectivity index (χ4v) is 7.25. The molecule has 1 N–H and O–H groups in total. The van der Waals surface area contributed by atoms with Gasteiger partial charge in [0.25, 0.3) is 11.8 Å². The largest absolute Gasteiger partial charge is 0.380 e. The van der Waals surface area contributed by atoms with Crippen molar-refractivity contribution in [2.75, 3.05) is 44.7 Å². The lowest BCUT2D eigenvalue weighted by atomic mass is 9.79. The van der Waals surface area contributed by atoms with Crippen molar-refractivity contribution in [3.63, 3.8) is 0 Å². The molecule has 1 unspecified atom stereocenters. The molecule has 1 saturated heterocycles. The van der Waals surface area contributed by atoms with Gasteiger partial charge in [0.2, 0.25) is 0 Å². The average Bonchev–Trinajstić information content (AvgIpc) is 3.60. The standard InChI is InChI=1S/C32H40ClN3O3/c1-34-21-27(22-7-5-3-2-4-6-8-22)26-19-23(10-12-29(26)34)25-11-9-24(20-28(25)33)30(37)35-15-17-36(18-16-35)31(38)32(39)13-14-32/h9-12,19-20,22,27,39H,2-8,13-18,21H2,1H3. The van der Waals surface area contributed by atoms with E-state index in [1.165, 1.54) is 56.2 Å². The van der Waals surface area contributed by atoms with Crippen molar-refractivity contribution in [1.82, 2.24) is 9.80 Å². The van der Waals surface area contributed by atoms with Crippen LogP contribution in [0.2, 0.25) is 5.02 Å². The number of benzene rings is 2. The summed E-state index contributed by atoms with van der Waals surface area (Å²) >= 11 is 6.81. The molecule has 1 atom stereocenters. The van der Waals surface area contributed by atoms with Crippen LogP contribution in [0.25, 0.3) is 11.1 Å². The molecule has 2 aliphatic carbocycles. The molecular formula is C32H40ClN3O3. The molecule has 7 heteroatoms. The van der Waals surface area contributed by atoms with Gasteiger partial charge in [0.05, 0.1) is 0 Å². The number of rotatable bonds is 4. The Balaban J connectivity index is 1.17. The van der Waals surface area contributed by atoms with Crippen molar-refractivity contribution in [2.45, 2.75) is 69.3 Å². The molecule has 0 bridgehead atoms. The van der Waals surface area contributed by atoms with Gasteiger partial charge in [-0.15, -0.1) is 0 Å². The van der Waals surface area contributed by atoms with Gasteiger partial charge < -0.3 is 19.8 Å². The molecule has 6 nitrogen and oxygen atoms in total. The number of aliphatic hydroxyl groups is 1. The van der Waals surface area contributed by atoms with Crippen LogP contribution in [0.1, 0.15) is 79.6 Å². The zero-order valence-electron chi connectivity index (χ0n) is 23.0. The van der Waals surface area contributed by atoms with Crippen LogP contribution in [0.3, 0.4) is 0 Å². The number of hydrogen-bond acceptors (Lipinski definition) is 4. The normalized spacial score (nSPS) is 23.3. The Morgan fingerprint density at radius 1 is 0.897 bits per heavy atom. The molecule has 3 fully saturated rings. The van der Waals surface area contributed by atoms with E-state index in [1.54, 1.807) is 15.9 Å². The Kier molecular flexibility index (Phi) is 7.36. The van der Waals surface area contributed by atoms with Crippen LogP contribution in [-0.4, -0.2) is 72.1 Å². The van der Waals surface area contributed by atoms with Gasteiger partial charge in [-0.2, -0.15) is 0 Å². The average molecular weight is 550 g/mol. The number of hydrogen-bond donors (Lipinski definition) is 1. The SMILES string of the molecule is CN1CC(C2CCCCCCC2)c2cc(-c3ccc(C(=O)N4CCN(C(=O)C5(O)CC5)CC4)cc3Cl)ccc21. The quantitative estimate of drug-likeness (QED) is 0.530. The molecular weight excluding hydrogens is 510 g/mol. The molecule has 0 radical (unpaired) electrons. The molecule has 2 amide bonds. The minimum atomic E-state index is -1.16. The van der Waals surface area contributed by atoms with Gasteiger partial charge in [0, 0.05) is 67.5 Å². The molecule has 2 saturated carbocycles. The summed E-state index contributed by atoms with van der Waals surface area (Å²) in [5.41, 5.74) is 4.25. The number of amides is 2. The van der Waals surface area contributed by atoms with Crippen molar-refractivity contribution in [1.29, 1.82) is 0 Å². The topological polar surface area (TPSA) is 64.1 Å². The van der Waals surface area contributed by atoms with Crippen LogP contribution in [-0.2, 0) is 4.79 Å². The van der Waals surface area contributed by atoms with Crippen LogP contribution in [0.15, 0.2) is 36.4 Å². The summed E-state index contributed by atoms with van der Waals surface area (Å²) in [7, 11) is 2.21. The maximum absolute atomic E-state index is 13.3. The number of piperazine rings is 1. The van der Waals surface area contributed by atoms with Crippen LogP contribution < -0.4 is 4.90 Å². The highest BCUT2D eigenvalue weighted by Crippen LogP contribution is 2.45. The minimum Gasteiger partial charge on any atom is -0.380 e. The molecule has 6 rings (SSSR count). The monoisotopic (exact) mass is 549 g/mol. The van der Waals surface area contributed by atoms with Crippen molar-refractivity contribution < 1.29 is 14.7 Å². The highest BCUT2D eigenvalue weighted by atomic mass is 35.5. The maximum atomic E-state index is 13.3. The summed E-state index contributed by atoms with van der Waals surface area (Å²) in [6, 6.07) is 12.4. The summed E-state index contributed by atoms with van der Waals surface area (Å²) in [6.07, 6.45) is 10.5. The van der Waals surface area contributed by atoms with E-state index in [4.69, 9.17) is 11.6 Å². The Morgan fingerprint density at radius 2 is 1.56 bits per heavy atom. The lowest BCUT2D eigenvalue weighted by Gasteiger charge is -2.35. The molecule has 2 aromatic carbocycles. The molecule has 0 aromatic heterocycles. The molecule has 4 aliphatic rings. The predicted octanol–water partition coefficient (Wildman–Crippen LogP) is 5.71. The van der Waals surface area contributed by atoms with E-state index in [9.17, 15) is 14.7 Å². The maximum Gasteiger partial charge on any atom is 0.254 e. The number of anilines is 1. The van der Waals surface area contributed by atoms with Gasteiger partial charge in [0.15, 0.2) is 0 Å². The van der Waals surface area contributed by atoms with E-state index in [0.717, 1.165) is 23.6 Å². The van der Waals surface area contributed by atoms with Crippen LogP contribution in [0.4, 0.5) is 5.69 Å². The number of carbonyl (C=O) groups excluding carboxylic acids is 2. The highest BCUT2D eigenvalue weighted by Gasteiger charge is 2.50. The van der Waals surface area contributed by atoms with E-state index in [-0.39, 0.29) is 11.8 Å². The second kappa shape index (κ2) is 10.8. The fraction of sp³-hybridized carbons (Fsp3) is 0.562. The highest BCUT2D eigenvalue weighted by molar-refractivity contribution is 6.33. The zero-order valence-corrected chi connectivity index (χ0v) is 23.8. The molecule has 0 spiro atoms. The lowest BCUT2D eigenvalue weighted by molar-refractivity contribution is -0.143. The Morgan fingerprint density at radius 3 is 2.23 bits per heavy atom. The number of fused-ring (bicyclic) bond motifs is 1. The number of likely N-dealkylation sites (N-methyl/N-ethyl adjacent to an activating group) is 1. The van der Waals surface area contributed by atoms with Gasteiger partial charge in [-0.3, -0.25) is 9.59 Å². The van der Waals surface area contributed by atoms with Crippen LogP contribution in [0, 0.1) is 5.92 Å². The molecule has 39 heavy (non-hydrogen) atoms. The van der Waals surface area contributed by atoms with E-state index < -0.39 is 5.60 Å². The Hall–Kier alpha value is -2.57. The summed E-state index contributed by atoms with van der Waals surface area (Å²) in [4.78, 5) is 31.5. The van der Waals surface area contributed by atoms with Crippen LogP contribution in [0.5, 0.6) is 0 Å². The third-order valence-electron chi connectivity index (χ3n) is 9.53. The van der Waals surface area contributed by atoms with Gasteiger partial charge >= 0.3 is 0 Å². The first-order chi connectivity index (χ1) is 18.8. The van der Waals surface area contributed by atoms with E-state index in [0.29, 0.717) is 55.5 Å². The third-order valence-corrected chi connectivity index (χ3v) is 9.84. The summed E-state index contributed by atoms with van der Waals surface area (Å²) in [5.74, 6) is 1.04. The summed E-state index contributed by atoms with van der Waals surface area (Å²) in [5, 5.41) is 10.7. The smallest absolute Gasteiger partial charge is 0.254 e. The molecule has 2 heterocycles. The molecule has 2 aliphatic heterocycles. The second-order valence-electron chi connectivity index (χ2n) is 12.2. The number of nitrogens with zero attached hydrogens (tertiary/aromatic N) is 3. The number of halogens is 1. The summed E-state index contributed by atoms with van der Waals surface area (Å²) in [6.45, 7) is 2.90. The Labute approximate surface area is 236 Å². The Bertz CT molecular complexity index is 1240. The van der Waals surface area contributed by atoms with Crippen molar-refractivity contribution in [2.24, 2.45) is 5.92 Å². The second-order valence-corrected chi connectivity index (χ2v) is 12.6. The first-order valence-corrected chi connectivity index (χ1v) is 15.2. The van der Waals surface area contributed by atoms with E-state index in [2.05, 4.69) is 30.1 Å². The van der Waals surface area contributed by atoms with Crippen LogP contribution >= 0.6 is 11.6 Å². The van der Waals surface area contributed by atoms with Gasteiger partial charge in [-0.25, -0.2) is 0 Å². The summed E-state index contributed by atoms with van der Waals surface area (Å²) < 4.78 is 0. The predicted molar refractivity (Wildman–Crippen MR) is 155 cm³/mol.